The smallest absolute Gasteiger partial charge is 0.298 e. The fourth-order valence-electron chi connectivity index (χ4n) is 1.05. The van der Waals surface area contributed by atoms with E-state index in [1.807, 2.05) is 6.07 Å². The van der Waals surface area contributed by atoms with Crippen molar-refractivity contribution in [3.8, 4) is 11.4 Å². The molecule has 0 spiro atoms. The number of hydrogen-bond acceptors (Lipinski definition) is 4. The number of pyridine rings is 1. The summed E-state index contributed by atoms with van der Waals surface area (Å²) < 4.78 is 6.20. The first-order valence-electron chi connectivity index (χ1n) is 3.95. The Morgan fingerprint density at radius 1 is 1.43 bits per heavy atom. The van der Waals surface area contributed by atoms with Gasteiger partial charge in [0.1, 0.15) is 0 Å². The molecule has 0 aromatic carbocycles. The number of rotatable bonds is 3. The maximum Gasteiger partial charge on any atom is 0.298 e. The quantitative estimate of drug-likeness (QED) is 0.670. The number of ether oxygens (including phenoxy) is 1. The van der Waals surface area contributed by atoms with E-state index in [4.69, 9.17) is 0 Å². The highest BCUT2D eigenvalue weighted by molar-refractivity contribution is 5.44. The second-order valence-electron chi connectivity index (χ2n) is 2.55. The molecule has 0 aliphatic heterocycles. The molecular formula is C9H7N3O2. The third-order valence-electron chi connectivity index (χ3n) is 1.65. The Balaban J connectivity index is 2.29. The van der Waals surface area contributed by atoms with Crippen LogP contribution < -0.4 is 4.74 Å². The molecule has 0 radical (unpaired) electrons. The minimum Gasteiger partial charge on any atom is -0.425 e. The van der Waals surface area contributed by atoms with Gasteiger partial charge in [0.2, 0.25) is 0 Å². The summed E-state index contributed by atoms with van der Waals surface area (Å²) in [6.07, 6.45) is 6.40. The molecule has 5 heteroatoms. The van der Waals surface area contributed by atoms with E-state index in [0.29, 0.717) is 12.2 Å². The third kappa shape index (κ3) is 1.61. The Kier molecular flexibility index (Phi) is 2.22. The van der Waals surface area contributed by atoms with E-state index in [9.17, 15) is 4.79 Å². The van der Waals surface area contributed by atoms with Crippen LogP contribution in [0.25, 0.3) is 5.69 Å². The SMILES string of the molecule is O=COc1cnn(-c2cccnc2)c1. The summed E-state index contributed by atoms with van der Waals surface area (Å²) in [4.78, 5) is 14.0. The molecule has 0 amide bonds. The van der Waals surface area contributed by atoms with Crippen LogP contribution in [-0.4, -0.2) is 21.2 Å². The molecule has 0 saturated carbocycles. The summed E-state index contributed by atoms with van der Waals surface area (Å²) in [7, 11) is 0. The highest BCUT2D eigenvalue weighted by atomic mass is 16.5. The van der Waals surface area contributed by atoms with Gasteiger partial charge in [-0.15, -0.1) is 0 Å². The first kappa shape index (κ1) is 8.43. The lowest BCUT2D eigenvalue weighted by Crippen LogP contribution is -1.93. The van der Waals surface area contributed by atoms with Gasteiger partial charge >= 0.3 is 0 Å². The largest absolute Gasteiger partial charge is 0.425 e. The molecule has 0 aliphatic rings. The van der Waals surface area contributed by atoms with Crippen molar-refractivity contribution in [3.63, 3.8) is 0 Å². The minimum absolute atomic E-state index is 0.366. The van der Waals surface area contributed by atoms with Crippen molar-refractivity contribution < 1.29 is 9.53 Å². The zero-order valence-electron chi connectivity index (χ0n) is 7.20. The number of hydrogen-bond donors (Lipinski definition) is 0. The molecule has 0 bridgehead atoms. The van der Waals surface area contributed by atoms with E-state index in [-0.39, 0.29) is 0 Å². The van der Waals surface area contributed by atoms with E-state index in [2.05, 4.69) is 14.8 Å². The van der Waals surface area contributed by atoms with Crippen LogP contribution in [0.1, 0.15) is 0 Å². The predicted molar refractivity (Wildman–Crippen MR) is 48.1 cm³/mol. The zero-order valence-corrected chi connectivity index (χ0v) is 7.20. The second-order valence-corrected chi connectivity index (χ2v) is 2.55. The number of nitrogens with zero attached hydrogens (tertiary/aromatic N) is 3. The van der Waals surface area contributed by atoms with Gasteiger partial charge in [-0.25, -0.2) is 4.68 Å². The fraction of sp³-hybridized carbons (Fsp3) is 0. The number of aromatic nitrogens is 3. The first-order valence-corrected chi connectivity index (χ1v) is 3.95. The molecule has 0 atom stereocenters. The van der Waals surface area contributed by atoms with Gasteiger partial charge in [-0.1, -0.05) is 0 Å². The van der Waals surface area contributed by atoms with Crippen LogP contribution in [-0.2, 0) is 4.79 Å². The van der Waals surface area contributed by atoms with Crippen molar-refractivity contribution in [3.05, 3.63) is 36.9 Å². The van der Waals surface area contributed by atoms with Gasteiger partial charge in [0.05, 0.1) is 24.3 Å². The number of carbonyl (C=O) groups is 1. The van der Waals surface area contributed by atoms with Crippen LogP contribution in [0.4, 0.5) is 0 Å². The molecule has 2 heterocycles. The highest BCUT2D eigenvalue weighted by Crippen LogP contribution is 2.11. The van der Waals surface area contributed by atoms with Crippen LogP contribution in [0.15, 0.2) is 36.9 Å². The van der Waals surface area contributed by atoms with E-state index in [1.54, 1.807) is 29.3 Å². The molecule has 14 heavy (non-hydrogen) atoms. The summed E-state index contributed by atoms with van der Waals surface area (Å²) in [5.74, 6) is 0.406. The fourth-order valence-corrected chi connectivity index (χ4v) is 1.05. The summed E-state index contributed by atoms with van der Waals surface area (Å²) >= 11 is 0. The lowest BCUT2D eigenvalue weighted by molar-refractivity contribution is -0.120. The van der Waals surface area contributed by atoms with Crippen molar-refractivity contribution >= 4 is 6.47 Å². The van der Waals surface area contributed by atoms with Crippen LogP contribution >= 0.6 is 0 Å². The Morgan fingerprint density at radius 3 is 3.07 bits per heavy atom. The maximum atomic E-state index is 10.0. The lowest BCUT2D eigenvalue weighted by atomic mass is 10.4. The third-order valence-corrected chi connectivity index (χ3v) is 1.65. The summed E-state index contributed by atoms with van der Waals surface area (Å²) in [5.41, 5.74) is 0.813. The van der Waals surface area contributed by atoms with Gasteiger partial charge in [-0.05, 0) is 12.1 Å². The summed E-state index contributed by atoms with van der Waals surface area (Å²) in [5, 5.41) is 4.00. The van der Waals surface area contributed by atoms with Crippen molar-refractivity contribution in [2.24, 2.45) is 0 Å². The van der Waals surface area contributed by atoms with Crippen LogP contribution in [0.2, 0.25) is 0 Å². The Bertz CT molecular complexity index is 425. The second kappa shape index (κ2) is 3.69. The van der Waals surface area contributed by atoms with Gasteiger partial charge in [0, 0.05) is 6.20 Å². The van der Waals surface area contributed by atoms with Crippen LogP contribution in [0.3, 0.4) is 0 Å². The van der Waals surface area contributed by atoms with Crippen molar-refractivity contribution in [2.45, 2.75) is 0 Å². The van der Waals surface area contributed by atoms with Crippen LogP contribution in [0.5, 0.6) is 5.75 Å². The highest BCUT2D eigenvalue weighted by Gasteiger charge is 2.00. The molecule has 5 nitrogen and oxygen atoms in total. The standard InChI is InChI=1S/C9H7N3O2/c13-7-14-9-5-11-12(6-9)8-2-1-3-10-4-8/h1-7H. The maximum absolute atomic E-state index is 10.0. The van der Waals surface area contributed by atoms with Gasteiger partial charge in [-0.3, -0.25) is 9.78 Å². The average molecular weight is 189 g/mol. The number of carbonyl (C=O) groups excluding carboxylic acids is 1. The van der Waals surface area contributed by atoms with Gasteiger partial charge < -0.3 is 4.74 Å². The Labute approximate surface area is 80.0 Å². The molecule has 70 valence electrons. The molecule has 0 fully saturated rings. The average Bonchev–Trinajstić information content (AvgIpc) is 2.68. The van der Waals surface area contributed by atoms with Crippen LogP contribution in [0, 0.1) is 0 Å². The molecular weight excluding hydrogens is 182 g/mol. The molecule has 0 N–H and O–H groups in total. The molecule has 2 rings (SSSR count). The lowest BCUT2D eigenvalue weighted by Gasteiger charge is -1.97. The normalized spacial score (nSPS) is 9.71. The van der Waals surface area contributed by atoms with E-state index in [1.165, 1.54) is 6.20 Å². The van der Waals surface area contributed by atoms with Gasteiger partial charge in [-0.2, -0.15) is 5.10 Å². The van der Waals surface area contributed by atoms with Crippen molar-refractivity contribution in [1.29, 1.82) is 0 Å². The zero-order chi connectivity index (χ0) is 9.80. The van der Waals surface area contributed by atoms with Crippen molar-refractivity contribution in [1.82, 2.24) is 14.8 Å². The Hall–Kier alpha value is -2.17. The Morgan fingerprint density at radius 2 is 2.36 bits per heavy atom. The van der Waals surface area contributed by atoms with E-state index < -0.39 is 0 Å². The predicted octanol–water partition coefficient (Wildman–Crippen LogP) is 0.802. The summed E-state index contributed by atoms with van der Waals surface area (Å²) in [6.45, 7) is 0.366. The van der Waals surface area contributed by atoms with Gasteiger partial charge in [0.25, 0.3) is 6.47 Å². The molecule has 0 saturated heterocycles. The van der Waals surface area contributed by atoms with Crippen molar-refractivity contribution in [2.75, 3.05) is 0 Å². The monoisotopic (exact) mass is 189 g/mol. The van der Waals surface area contributed by atoms with E-state index in [0.717, 1.165) is 5.69 Å². The molecule has 2 aromatic rings. The molecule has 2 aromatic heterocycles. The van der Waals surface area contributed by atoms with Gasteiger partial charge in [0.15, 0.2) is 5.75 Å². The minimum atomic E-state index is 0.366. The topological polar surface area (TPSA) is 57.0 Å². The van der Waals surface area contributed by atoms with E-state index >= 15 is 0 Å². The molecule has 0 aliphatic carbocycles. The molecule has 0 unspecified atom stereocenters. The summed E-state index contributed by atoms with van der Waals surface area (Å²) in [6, 6.07) is 3.65. The first-order chi connectivity index (χ1) is 6.90.